The second kappa shape index (κ2) is 10.2. The largest absolute Gasteiger partial charge is 0.490 e. The van der Waals surface area contributed by atoms with Gasteiger partial charge in [-0.1, -0.05) is 57.9 Å². The van der Waals surface area contributed by atoms with Crippen LogP contribution in [0.2, 0.25) is 0 Å². The molecule has 0 heterocycles. The average Bonchev–Trinajstić information content (AvgIpc) is 2.46. The highest BCUT2D eigenvalue weighted by Crippen LogP contribution is 2.23. The minimum absolute atomic E-state index is 0.116. The van der Waals surface area contributed by atoms with Crippen molar-refractivity contribution in [2.75, 3.05) is 6.61 Å². The molecule has 1 aromatic carbocycles. The van der Waals surface area contributed by atoms with Crippen LogP contribution in [0.1, 0.15) is 68.6 Å². The van der Waals surface area contributed by atoms with Crippen LogP contribution in [0.5, 0.6) is 5.75 Å². The fraction of sp³-hybridized carbons (Fsp3) is 0.588. The highest BCUT2D eigenvalue weighted by atomic mass is 19.1. The van der Waals surface area contributed by atoms with Gasteiger partial charge < -0.3 is 9.84 Å². The van der Waals surface area contributed by atoms with E-state index in [1.54, 1.807) is 0 Å². The second-order valence-corrected chi connectivity index (χ2v) is 5.25. The minimum atomic E-state index is -1.17. The van der Waals surface area contributed by atoms with E-state index < -0.39 is 11.8 Å². The Morgan fingerprint density at radius 2 is 1.71 bits per heavy atom. The highest BCUT2D eigenvalue weighted by molar-refractivity contribution is 5.90. The van der Waals surface area contributed by atoms with Crippen molar-refractivity contribution in [3.63, 3.8) is 0 Å². The van der Waals surface area contributed by atoms with Crippen molar-refractivity contribution in [2.45, 2.75) is 58.3 Å². The van der Waals surface area contributed by atoms with Crippen LogP contribution < -0.4 is 4.74 Å². The first kappa shape index (κ1) is 17.5. The van der Waals surface area contributed by atoms with Crippen LogP contribution >= 0.6 is 0 Å². The minimum Gasteiger partial charge on any atom is -0.490 e. The molecule has 1 rings (SSSR count). The lowest BCUT2D eigenvalue weighted by Gasteiger charge is -2.09. The first-order valence-electron chi connectivity index (χ1n) is 7.81. The Labute approximate surface area is 126 Å². The summed E-state index contributed by atoms with van der Waals surface area (Å²) >= 11 is 0. The predicted molar refractivity (Wildman–Crippen MR) is 81.5 cm³/mol. The molecular weight excluding hydrogens is 271 g/mol. The standard InChI is InChI=1S/C17H25FO3/c1-2-3-4-5-6-7-8-9-13-21-16-14(17(19)20)11-10-12-15(16)18/h10-12H,2-9,13H2,1H3,(H,19,20). The summed E-state index contributed by atoms with van der Waals surface area (Å²) in [4.78, 5) is 11.0. The monoisotopic (exact) mass is 296 g/mol. The summed E-state index contributed by atoms with van der Waals surface area (Å²) < 4.78 is 18.9. The zero-order valence-corrected chi connectivity index (χ0v) is 12.7. The van der Waals surface area contributed by atoms with Crippen molar-refractivity contribution < 1.29 is 19.0 Å². The Morgan fingerprint density at radius 3 is 2.33 bits per heavy atom. The van der Waals surface area contributed by atoms with Crippen LogP contribution in [0.15, 0.2) is 18.2 Å². The lowest BCUT2D eigenvalue weighted by Crippen LogP contribution is -2.06. The molecule has 0 fully saturated rings. The Morgan fingerprint density at radius 1 is 1.10 bits per heavy atom. The smallest absolute Gasteiger partial charge is 0.339 e. The van der Waals surface area contributed by atoms with E-state index in [4.69, 9.17) is 9.84 Å². The van der Waals surface area contributed by atoms with Crippen LogP contribution in [-0.4, -0.2) is 17.7 Å². The molecule has 0 spiro atoms. The van der Waals surface area contributed by atoms with Crippen LogP contribution in [0.25, 0.3) is 0 Å². The Balaban J connectivity index is 2.23. The Kier molecular flexibility index (Phi) is 8.48. The van der Waals surface area contributed by atoms with E-state index in [0.29, 0.717) is 6.61 Å². The van der Waals surface area contributed by atoms with Crippen molar-refractivity contribution >= 4 is 5.97 Å². The van der Waals surface area contributed by atoms with Crippen LogP contribution in [0.3, 0.4) is 0 Å². The molecule has 0 saturated carbocycles. The van der Waals surface area contributed by atoms with Gasteiger partial charge in [0, 0.05) is 0 Å². The van der Waals surface area contributed by atoms with E-state index in [2.05, 4.69) is 6.92 Å². The lowest BCUT2D eigenvalue weighted by atomic mass is 10.1. The summed E-state index contributed by atoms with van der Waals surface area (Å²) in [5.74, 6) is -1.93. The number of rotatable bonds is 11. The number of carboxylic acid groups (broad SMARTS) is 1. The van der Waals surface area contributed by atoms with Crippen LogP contribution in [0.4, 0.5) is 4.39 Å². The van der Waals surface area contributed by atoms with Crippen molar-refractivity contribution in [3.8, 4) is 5.75 Å². The first-order valence-corrected chi connectivity index (χ1v) is 7.81. The van der Waals surface area contributed by atoms with Gasteiger partial charge in [0.2, 0.25) is 0 Å². The molecule has 0 unspecified atom stereocenters. The molecule has 3 nitrogen and oxygen atoms in total. The number of hydrogen-bond acceptors (Lipinski definition) is 2. The van der Waals surface area contributed by atoms with Crippen LogP contribution in [-0.2, 0) is 0 Å². The van der Waals surface area contributed by atoms with Gasteiger partial charge in [-0.2, -0.15) is 0 Å². The SMILES string of the molecule is CCCCCCCCCCOc1c(F)cccc1C(=O)O. The first-order chi connectivity index (χ1) is 10.2. The maximum absolute atomic E-state index is 13.6. The van der Waals surface area contributed by atoms with Crippen molar-refractivity contribution in [1.29, 1.82) is 0 Å². The molecule has 4 heteroatoms. The summed E-state index contributed by atoms with van der Waals surface area (Å²) in [5.41, 5.74) is -0.116. The Hall–Kier alpha value is -1.58. The van der Waals surface area contributed by atoms with Gasteiger partial charge >= 0.3 is 5.97 Å². The van der Waals surface area contributed by atoms with Crippen LogP contribution in [0, 0.1) is 5.82 Å². The third-order valence-corrected chi connectivity index (χ3v) is 3.44. The zero-order chi connectivity index (χ0) is 15.5. The highest BCUT2D eigenvalue weighted by Gasteiger charge is 2.15. The fourth-order valence-corrected chi connectivity index (χ4v) is 2.23. The van der Waals surface area contributed by atoms with Gasteiger partial charge in [-0.3, -0.25) is 0 Å². The maximum atomic E-state index is 13.6. The lowest BCUT2D eigenvalue weighted by molar-refractivity contribution is 0.0691. The number of para-hydroxylation sites is 1. The van der Waals surface area contributed by atoms with Crippen molar-refractivity contribution in [2.24, 2.45) is 0 Å². The molecule has 0 radical (unpaired) electrons. The van der Waals surface area contributed by atoms with E-state index in [-0.39, 0.29) is 11.3 Å². The number of benzene rings is 1. The molecule has 0 aliphatic rings. The van der Waals surface area contributed by atoms with Gasteiger partial charge in [-0.25, -0.2) is 9.18 Å². The molecule has 1 aromatic rings. The molecular formula is C17H25FO3. The fourth-order valence-electron chi connectivity index (χ4n) is 2.23. The zero-order valence-electron chi connectivity index (χ0n) is 12.7. The van der Waals surface area contributed by atoms with Gasteiger partial charge in [0.25, 0.3) is 0 Å². The molecule has 0 bridgehead atoms. The molecule has 0 atom stereocenters. The molecule has 0 amide bonds. The van der Waals surface area contributed by atoms with E-state index in [1.807, 2.05) is 0 Å². The molecule has 0 saturated heterocycles. The van der Waals surface area contributed by atoms with Crippen molar-refractivity contribution in [3.05, 3.63) is 29.6 Å². The number of ether oxygens (including phenoxy) is 1. The second-order valence-electron chi connectivity index (χ2n) is 5.25. The Bertz CT molecular complexity index is 432. The number of hydrogen-bond donors (Lipinski definition) is 1. The molecule has 21 heavy (non-hydrogen) atoms. The number of carbonyl (C=O) groups is 1. The summed E-state index contributed by atoms with van der Waals surface area (Å²) in [6.45, 7) is 2.56. The number of aromatic carboxylic acids is 1. The average molecular weight is 296 g/mol. The molecule has 1 N–H and O–H groups in total. The quantitative estimate of drug-likeness (QED) is 0.582. The maximum Gasteiger partial charge on any atom is 0.339 e. The van der Waals surface area contributed by atoms with E-state index in [0.717, 1.165) is 19.3 Å². The predicted octanol–water partition coefficient (Wildman–Crippen LogP) is 5.04. The van der Waals surface area contributed by atoms with Gasteiger partial charge in [0.1, 0.15) is 5.56 Å². The third-order valence-electron chi connectivity index (χ3n) is 3.44. The molecule has 0 aromatic heterocycles. The normalized spacial score (nSPS) is 10.6. The summed E-state index contributed by atoms with van der Waals surface area (Å²) in [7, 11) is 0. The third kappa shape index (κ3) is 6.61. The summed E-state index contributed by atoms with van der Waals surface area (Å²) in [5, 5.41) is 8.99. The summed E-state index contributed by atoms with van der Waals surface area (Å²) in [6.07, 6.45) is 9.34. The van der Waals surface area contributed by atoms with Gasteiger partial charge in [-0.15, -0.1) is 0 Å². The van der Waals surface area contributed by atoms with Gasteiger partial charge in [-0.05, 0) is 18.6 Å². The van der Waals surface area contributed by atoms with Crippen molar-refractivity contribution in [1.82, 2.24) is 0 Å². The number of halogens is 1. The van der Waals surface area contributed by atoms with Gasteiger partial charge in [0.15, 0.2) is 11.6 Å². The van der Waals surface area contributed by atoms with E-state index >= 15 is 0 Å². The number of unbranched alkanes of at least 4 members (excludes halogenated alkanes) is 7. The van der Waals surface area contributed by atoms with E-state index in [1.165, 1.54) is 50.3 Å². The molecule has 0 aliphatic carbocycles. The molecule has 118 valence electrons. The molecule has 0 aliphatic heterocycles. The van der Waals surface area contributed by atoms with E-state index in [9.17, 15) is 9.18 Å². The topological polar surface area (TPSA) is 46.5 Å². The number of carboxylic acids is 1. The summed E-state index contributed by atoms with van der Waals surface area (Å²) in [6, 6.07) is 3.95. The van der Waals surface area contributed by atoms with Gasteiger partial charge in [0.05, 0.1) is 6.61 Å².